The Kier molecular flexibility index (Phi) is 2.61. The van der Waals surface area contributed by atoms with Gasteiger partial charge in [-0.3, -0.25) is 4.79 Å². The molecule has 2 heteroatoms. The molecule has 1 aliphatic rings. The van der Waals surface area contributed by atoms with Gasteiger partial charge in [0.25, 0.3) is 0 Å². The first-order valence-electron chi connectivity index (χ1n) is 5.52. The second-order valence-corrected chi connectivity index (χ2v) is 4.28. The quantitative estimate of drug-likeness (QED) is 0.821. The van der Waals surface area contributed by atoms with Crippen LogP contribution in [-0.2, 0) is 5.60 Å². The minimum absolute atomic E-state index is 0.0733. The Balaban J connectivity index is 2.34. The number of fused-ring (bicyclic) bond motifs is 1. The molecule has 0 fully saturated rings. The Morgan fingerprint density at radius 1 is 1.40 bits per heavy atom. The molecule has 0 amide bonds. The van der Waals surface area contributed by atoms with Crippen molar-refractivity contribution in [3.8, 4) is 0 Å². The highest BCUT2D eigenvalue weighted by Crippen LogP contribution is 2.40. The lowest BCUT2D eigenvalue weighted by molar-refractivity contribution is 0.0272. The number of benzene rings is 1. The molecule has 1 N–H and O–H groups in total. The molecule has 1 aromatic carbocycles. The van der Waals surface area contributed by atoms with Gasteiger partial charge in [0.05, 0.1) is 5.60 Å². The summed E-state index contributed by atoms with van der Waals surface area (Å²) in [6.45, 7) is 2.09. The molecular weight excluding hydrogens is 188 g/mol. The van der Waals surface area contributed by atoms with E-state index in [0.717, 1.165) is 18.4 Å². The van der Waals surface area contributed by atoms with Crippen LogP contribution >= 0.6 is 0 Å². The third-order valence-electron chi connectivity index (χ3n) is 3.13. The molecule has 80 valence electrons. The Morgan fingerprint density at radius 2 is 2.13 bits per heavy atom. The van der Waals surface area contributed by atoms with E-state index in [1.54, 1.807) is 0 Å². The summed E-state index contributed by atoms with van der Waals surface area (Å²) in [7, 11) is 0. The van der Waals surface area contributed by atoms with Crippen molar-refractivity contribution in [3.63, 3.8) is 0 Å². The molecule has 0 aromatic heterocycles. The highest BCUT2D eigenvalue weighted by molar-refractivity contribution is 6.01. The van der Waals surface area contributed by atoms with E-state index in [4.69, 9.17) is 0 Å². The van der Waals surface area contributed by atoms with E-state index in [2.05, 4.69) is 6.92 Å². The minimum atomic E-state index is -0.899. The fourth-order valence-electron chi connectivity index (χ4n) is 2.28. The van der Waals surface area contributed by atoms with Crippen molar-refractivity contribution in [2.75, 3.05) is 0 Å². The minimum Gasteiger partial charge on any atom is -0.385 e. The molecule has 1 atom stereocenters. The number of Topliss-reactive ketones (excluding diaryl/α,β-unsaturated/α-hetero) is 1. The highest BCUT2D eigenvalue weighted by atomic mass is 16.3. The van der Waals surface area contributed by atoms with Gasteiger partial charge < -0.3 is 5.11 Å². The summed E-state index contributed by atoms with van der Waals surface area (Å²) in [5.41, 5.74) is 0.628. The number of hydrogen-bond acceptors (Lipinski definition) is 2. The predicted molar refractivity (Wildman–Crippen MR) is 58.8 cm³/mol. The predicted octanol–water partition coefficient (Wildman–Crippen LogP) is 2.65. The monoisotopic (exact) mass is 204 g/mol. The van der Waals surface area contributed by atoms with Gasteiger partial charge in [-0.25, -0.2) is 0 Å². The van der Waals surface area contributed by atoms with Crippen LogP contribution in [0.25, 0.3) is 0 Å². The number of carbonyl (C=O) groups excluding carboxylic acids is 1. The van der Waals surface area contributed by atoms with Crippen LogP contribution in [0, 0.1) is 0 Å². The van der Waals surface area contributed by atoms with Crippen molar-refractivity contribution >= 4 is 5.78 Å². The first-order valence-corrected chi connectivity index (χ1v) is 5.52. The third kappa shape index (κ3) is 1.70. The number of rotatable bonds is 3. The van der Waals surface area contributed by atoms with Crippen LogP contribution < -0.4 is 0 Å². The van der Waals surface area contributed by atoms with Gasteiger partial charge in [-0.05, 0) is 12.0 Å². The number of aliphatic hydroxyl groups is 1. The van der Waals surface area contributed by atoms with Gasteiger partial charge in [-0.1, -0.05) is 44.0 Å². The van der Waals surface area contributed by atoms with E-state index >= 15 is 0 Å². The van der Waals surface area contributed by atoms with E-state index in [-0.39, 0.29) is 12.2 Å². The summed E-state index contributed by atoms with van der Waals surface area (Å²) in [4.78, 5) is 11.7. The molecule has 0 spiro atoms. The van der Waals surface area contributed by atoms with Crippen LogP contribution in [0.15, 0.2) is 24.3 Å². The third-order valence-corrected chi connectivity index (χ3v) is 3.13. The Hall–Kier alpha value is -1.15. The van der Waals surface area contributed by atoms with Gasteiger partial charge in [0, 0.05) is 12.0 Å². The standard InChI is InChI=1S/C13H16O2/c1-2-3-8-13(15)9-12(14)10-6-4-5-7-11(10)13/h4-7,15H,2-3,8-9H2,1H3. The molecule has 0 radical (unpaired) electrons. The normalized spacial score (nSPS) is 24.3. The largest absolute Gasteiger partial charge is 0.385 e. The van der Waals surface area contributed by atoms with Gasteiger partial charge in [0.2, 0.25) is 0 Å². The molecule has 0 heterocycles. The number of ketones is 1. The summed E-state index contributed by atoms with van der Waals surface area (Å²) < 4.78 is 0. The molecule has 2 nitrogen and oxygen atoms in total. The first-order chi connectivity index (χ1) is 7.17. The van der Waals surface area contributed by atoms with Crippen molar-refractivity contribution in [3.05, 3.63) is 35.4 Å². The molecule has 0 saturated carbocycles. The molecule has 0 saturated heterocycles. The summed E-state index contributed by atoms with van der Waals surface area (Å²) >= 11 is 0. The molecule has 0 aliphatic heterocycles. The molecule has 1 aliphatic carbocycles. The molecule has 0 bridgehead atoms. The van der Waals surface area contributed by atoms with Crippen molar-refractivity contribution in [1.82, 2.24) is 0 Å². The molecule has 2 rings (SSSR count). The lowest BCUT2D eigenvalue weighted by Crippen LogP contribution is -2.22. The molecule has 1 unspecified atom stereocenters. The average molecular weight is 204 g/mol. The maximum atomic E-state index is 11.7. The van der Waals surface area contributed by atoms with E-state index in [1.165, 1.54) is 0 Å². The zero-order valence-electron chi connectivity index (χ0n) is 8.99. The first kappa shape index (κ1) is 10.4. The summed E-state index contributed by atoms with van der Waals surface area (Å²) in [6, 6.07) is 7.41. The molecule has 1 aromatic rings. The maximum absolute atomic E-state index is 11.7. The second-order valence-electron chi connectivity index (χ2n) is 4.28. The van der Waals surface area contributed by atoms with E-state index in [1.807, 2.05) is 24.3 Å². The SMILES string of the molecule is CCCCC1(O)CC(=O)c2ccccc21. The maximum Gasteiger partial charge on any atom is 0.166 e. The molecule has 15 heavy (non-hydrogen) atoms. The zero-order valence-corrected chi connectivity index (χ0v) is 8.99. The van der Waals surface area contributed by atoms with Gasteiger partial charge in [0.15, 0.2) is 5.78 Å². The van der Waals surface area contributed by atoms with Crippen molar-refractivity contribution < 1.29 is 9.90 Å². The van der Waals surface area contributed by atoms with Gasteiger partial charge in [-0.2, -0.15) is 0 Å². The number of hydrogen-bond donors (Lipinski definition) is 1. The van der Waals surface area contributed by atoms with Crippen molar-refractivity contribution in [2.45, 2.75) is 38.2 Å². The Morgan fingerprint density at radius 3 is 2.87 bits per heavy atom. The fourth-order valence-corrected chi connectivity index (χ4v) is 2.28. The van der Waals surface area contributed by atoms with Crippen molar-refractivity contribution in [1.29, 1.82) is 0 Å². The van der Waals surface area contributed by atoms with Crippen LogP contribution in [0.2, 0.25) is 0 Å². The average Bonchev–Trinajstić information content (AvgIpc) is 2.50. The summed E-state index contributed by atoms with van der Waals surface area (Å²) in [5.74, 6) is 0.0733. The second kappa shape index (κ2) is 3.78. The highest BCUT2D eigenvalue weighted by Gasteiger charge is 2.40. The van der Waals surface area contributed by atoms with Gasteiger partial charge >= 0.3 is 0 Å². The Labute approximate surface area is 89.9 Å². The van der Waals surface area contributed by atoms with E-state index < -0.39 is 5.60 Å². The number of unbranched alkanes of at least 4 members (excludes halogenated alkanes) is 1. The number of carbonyl (C=O) groups is 1. The lowest BCUT2D eigenvalue weighted by atomic mass is 9.90. The molecular formula is C13H16O2. The van der Waals surface area contributed by atoms with Gasteiger partial charge in [0.1, 0.15) is 0 Å². The van der Waals surface area contributed by atoms with E-state index in [0.29, 0.717) is 12.0 Å². The van der Waals surface area contributed by atoms with Crippen LogP contribution in [-0.4, -0.2) is 10.9 Å². The van der Waals surface area contributed by atoms with Crippen LogP contribution in [0.5, 0.6) is 0 Å². The summed E-state index contributed by atoms with van der Waals surface area (Å²) in [5, 5.41) is 10.4. The van der Waals surface area contributed by atoms with Crippen LogP contribution in [0.3, 0.4) is 0 Å². The van der Waals surface area contributed by atoms with E-state index in [9.17, 15) is 9.90 Å². The van der Waals surface area contributed by atoms with Crippen LogP contribution in [0.4, 0.5) is 0 Å². The zero-order chi connectivity index (χ0) is 10.9. The van der Waals surface area contributed by atoms with Crippen LogP contribution in [0.1, 0.15) is 48.5 Å². The van der Waals surface area contributed by atoms with Gasteiger partial charge in [-0.15, -0.1) is 0 Å². The van der Waals surface area contributed by atoms with Crippen molar-refractivity contribution in [2.24, 2.45) is 0 Å². The lowest BCUT2D eigenvalue weighted by Gasteiger charge is -2.22. The smallest absolute Gasteiger partial charge is 0.166 e. The summed E-state index contributed by atoms with van der Waals surface area (Å²) in [6.07, 6.45) is 2.94. The Bertz CT molecular complexity index is 384. The topological polar surface area (TPSA) is 37.3 Å². The fraction of sp³-hybridized carbons (Fsp3) is 0.462.